The van der Waals surface area contributed by atoms with Crippen molar-refractivity contribution < 1.29 is 9.59 Å². The molecular formula is C24H35IN6O2S. The van der Waals surface area contributed by atoms with Gasteiger partial charge >= 0.3 is 6.03 Å². The minimum atomic E-state index is -0.615. The van der Waals surface area contributed by atoms with E-state index in [0.29, 0.717) is 18.8 Å². The van der Waals surface area contributed by atoms with Crippen molar-refractivity contribution in [2.75, 3.05) is 38.5 Å². The summed E-state index contributed by atoms with van der Waals surface area (Å²) in [5.74, 6) is -0.0317. The number of hydrogen-bond donors (Lipinski definition) is 2. The smallest absolute Gasteiger partial charge is 0.319 e. The summed E-state index contributed by atoms with van der Waals surface area (Å²) in [4.78, 5) is 35.7. The Balaban J connectivity index is 1.58. The molecule has 1 fully saturated rings. The van der Waals surface area contributed by atoms with Gasteiger partial charge in [-0.25, -0.2) is 4.79 Å². The zero-order chi connectivity index (χ0) is 24.9. The van der Waals surface area contributed by atoms with Crippen LogP contribution in [0.1, 0.15) is 32.0 Å². The molecule has 0 saturated carbocycles. The van der Waals surface area contributed by atoms with Gasteiger partial charge in [-0.2, -0.15) is 0 Å². The minimum Gasteiger partial charge on any atom is -0.338 e. The number of urea groups is 1. The SMILES string of the molecule is C/N=c1\scc(CN2CCN(C(=O)[C@H](NC(=O)Nc3ccc(CI)cc3)C(C)(C)C)CC2)n1C. The number of carbonyl (C=O) groups is 2. The van der Waals surface area contributed by atoms with E-state index >= 15 is 0 Å². The van der Waals surface area contributed by atoms with Crippen LogP contribution in [-0.4, -0.2) is 65.6 Å². The van der Waals surface area contributed by atoms with Gasteiger partial charge in [-0.3, -0.25) is 14.7 Å². The van der Waals surface area contributed by atoms with Crippen LogP contribution in [0.15, 0.2) is 34.6 Å². The fraction of sp³-hybridized carbons (Fsp3) is 0.542. The van der Waals surface area contributed by atoms with Crippen LogP contribution >= 0.6 is 33.9 Å². The molecule has 186 valence electrons. The second kappa shape index (κ2) is 11.7. The monoisotopic (exact) mass is 598 g/mol. The fourth-order valence-electron chi connectivity index (χ4n) is 3.91. The maximum Gasteiger partial charge on any atom is 0.319 e. The molecule has 3 amide bonds. The maximum absolute atomic E-state index is 13.4. The summed E-state index contributed by atoms with van der Waals surface area (Å²) >= 11 is 3.95. The van der Waals surface area contributed by atoms with Gasteiger partial charge in [0.25, 0.3) is 0 Å². The van der Waals surface area contributed by atoms with E-state index in [1.165, 1.54) is 11.3 Å². The van der Waals surface area contributed by atoms with Gasteiger partial charge in [0.2, 0.25) is 5.91 Å². The molecule has 1 aliphatic rings. The van der Waals surface area contributed by atoms with Crippen molar-refractivity contribution in [3.05, 3.63) is 45.7 Å². The quantitative estimate of drug-likeness (QED) is 0.395. The van der Waals surface area contributed by atoms with Gasteiger partial charge in [0.1, 0.15) is 6.04 Å². The van der Waals surface area contributed by atoms with E-state index < -0.39 is 11.5 Å². The van der Waals surface area contributed by atoms with Crippen molar-refractivity contribution in [2.45, 2.75) is 37.8 Å². The van der Waals surface area contributed by atoms with Gasteiger partial charge in [0.05, 0.1) is 0 Å². The number of piperazine rings is 1. The molecule has 1 aromatic carbocycles. The van der Waals surface area contributed by atoms with Crippen LogP contribution in [0.5, 0.6) is 0 Å². The summed E-state index contributed by atoms with van der Waals surface area (Å²) in [5, 5.41) is 7.94. The summed E-state index contributed by atoms with van der Waals surface area (Å²) in [6.07, 6.45) is 0. The van der Waals surface area contributed by atoms with E-state index in [4.69, 9.17) is 0 Å². The van der Waals surface area contributed by atoms with E-state index in [2.05, 4.69) is 53.1 Å². The number of nitrogens with one attached hydrogen (secondary N) is 2. The third-order valence-electron chi connectivity index (χ3n) is 6.03. The number of rotatable bonds is 6. The van der Waals surface area contributed by atoms with E-state index in [0.717, 1.165) is 28.9 Å². The molecule has 2 N–H and O–H groups in total. The lowest BCUT2D eigenvalue weighted by Gasteiger charge is -2.39. The molecule has 1 aromatic heterocycles. The van der Waals surface area contributed by atoms with Crippen molar-refractivity contribution in [3.63, 3.8) is 0 Å². The fourth-order valence-corrected chi connectivity index (χ4v) is 5.27. The van der Waals surface area contributed by atoms with Crippen molar-refractivity contribution >= 4 is 51.6 Å². The number of hydrogen-bond acceptors (Lipinski definition) is 5. The highest BCUT2D eigenvalue weighted by atomic mass is 127. The van der Waals surface area contributed by atoms with Crippen LogP contribution < -0.4 is 15.4 Å². The highest BCUT2D eigenvalue weighted by molar-refractivity contribution is 14.1. The number of nitrogens with zero attached hydrogens (tertiary/aromatic N) is 4. The molecule has 0 radical (unpaired) electrons. The van der Waals surface area contributed by atoms with Gasteiger partial charge in [-0.15, -0.1) is 11.3 Å². The first kappa shape index (κ1) is 26.7. The highest BCUT2D eigenvalue weighted by Crippen LogP contribution is 2.22. The Labute approximate surface area is 219 Å². The van der Waals surface area contributed by atoms with Gasteiger partial charge in [-0.05, 0) is 23.1 Å². The van der Waals surface area contributed by atoms with Crippen molar-refractivity contribution in [2.24, 2.45) is 17.5 Å². The van der Waals surface area contributed by atoms with Crippen molar-refractivity contribution in [1.29, 1.82) is 0 Å². The number of carbonyl (C=O) groups excluding carboxylic acids is 2. The molecule has 8 nitrogen and oxygen atoms in total. The van der Waals surface area contributed by atoms with Gasteiger partial charge in [0, 0.05) is 68.0 Å². The van der Waals surface area contributed by atoms with Gasteiger partial charge in [0.15, 0.2) is 4.80 Å². The van der Waals surface area contributed by atoms with E-state index in [1.807, 2.05) is 64.0 Å². The molecule has 0 spiro atoms. The average Bonchev–Trinajstić information content (AvgIpc) is 3.16. The molecule has 1 aliphatic heterocycles. The molecule has 2 aromatic rings. The summed E-state index contributed by atoms with van der Waals surface area (Å²) in [6, 6.07) is 6.76. The summed E-state index contributed by atoms with van der Waals surface area (Å²) in [6.45, 7) is 9.66. The van der Waals surface area contributed by atoms with Crippen LogP contribution in [-0.2, 0) is 22.8 Å². The van der Waals surface area contributed by atoms with Crippen LogP contribution in [0.25, 0.3) is 0 Å². The molecule has 3 rings (SSSR count). The number of alkyl halides is 1. The van der Waals surface area contributed by atoms with E-state index in [-0.39, 0.29) is 11.9 Å². The molecule has 1 saturated heterocycles. The molecule has 0 unspecified atom stereocenters. The number of benzene rings is 1. The third kappa shape index (κ3) is 6.82. The molecule has 10 heteroatoms. The molecular weight excluding hydrogens is 563 g/mol. The Morgan fingerprint density at radius 2 is 1.79 bits per heavy atom. The standard InChI is InChI=1S/C24H35IN6O2S/c1-24(2,3)20(28-22(33)27-18-8-6-17(14-25)7-9-18)21(32)31-12-10-30(11-13-31)15-19-16-34-23(26-4)29(19)5/h6-9,16,20H,10-15H2,1-5H3,(H2,27,28,33)/b26-23-/t20-/m0/s1. The van der Waals surface area contributed by atoms with Crippen molar-refractivity contribution in [1.82, 2.24) is 19.7 Å². The zero-order valence-corrected chi connectivity index (χ0v) is 23.6. The number of halogens is 1. The Morgan fingerprint density at radius 3 is 2.32 bits per heavy atom. The largest absolute Gasteiger partial charge is 0.338 e. The van der Waals surface area contributed by atoms with Gasteiger partial charge in [-0.1, -0.05) is 55.5 Å². The molecule has 34 heavy (non-hydrogen) atoms. The predicted molar refractivity (Wildman–Crippen MR) is 146 cm³/mol. The summed E-state index contributed by atoms with van der Waals surface area (Å²) in [5.41, 5.74) is 2.71. The first-order chi connectivity index (χ1) is 16.1. The van der Waals surface area contributed by atoms with Crippen LogP contribution in [0, 0.1) is 5.41 Å². The molecule has 0 bridgehead atoms. The topological polar surface area (TPSA) is 82.0 Å². The maximum atomic E-state index is 13.4. The molecule has 1 atom stereocenters. The van der Waals surface area contributed by atoms with Crippen molar-refractivity contribution in [3.8, 4) is 0 Å². The van der Waals surface area contributed by atoms with E-state index in [9.17, 15) is 9.59 Å². The lowest BCUT2D eigenvalue weighted by molar-refractivity contribution is -0.137. The Kier molecular flexibility index (Phi) is 9.16. The minimum absolute atomic E-state index is 0.0317. The summed E-state index contributed by atoms with van der Waals surface area (Å²) in [7, 11) is 3.85. The number of amides is 3. The van der Waals surface area contributed by atoms with Gasteiger partial charge < -0.3 is 20.1 Å². The average molecular weight is 599 g/mol. The Hall–Kier alpha value is -1.92. The second-order valence-electron chi connectivity index (χ2n) is 9.62. The van der Waals surface area contributed by atoms with E-state index in [1.54, 1.807) is 11.3 Å². The summed E-state index contributed by atoms with van der Waals surface area (Å²) < 4.78 is 3.04. The number of thiazole rings is 1. The Bertz CT molecular complexity index is 1050. The van der Waals surface area contributed by atoms with Crippen LogP contribution in [0.3, 0.4) is 0 Å². The normalized spacial score (nSPS) is 16.4. The van der Waals surface area contributed by atoms with Crippen LogP contribution in [0.4, 0.5) is 10.5 Å². The number of anilines is 1. The van der Waals surface area contributed by atoms with Crippen LogP contribution in [0.2, 0.25) is 0 Å². The lowest BCUT2D eigenvalue weighted by atomic mass is 9.85. The third-order valence-corrected chi connectivity index (χ3v) is 7.97. The number of aromatic nitrogens is 1. The predicted octanol–water partition coefficient (Wildman–Crippen LogP) is 3.43. The lowest BCUT2D eigenvalue weighted by Crippen LogP contribution is -2.59. The first-order valence-corrected chi connectivity index (χ1v) is 13.8. The first-order valence-electron chi connectivity index (χ1n) is 11.4. The highest BCUT2D eigenvalue weighted by Gasteiger charge is 2.36. The Morgan fingerprint density at radius 1 is 1.15 bits per heavy atom. The molecule has 2 heterocycles. The zero-order valence-electron chi connectivity index (χ0n) is 20.6. The second-order valence-corrected chi connectivity index (χ2v) is 11.2. The molecule has 0 aliphatic carbocycles.